The Morgan fingerprint density at radius 2 is 2.23 bits per heavy atom. The zero-order valence-electron chi connectivity index (χ0n) is 8.68. The minimum atomic E-state index is 0.211. The highest BCUT2D eigenvalue weighted by Crippen LogP contribution is 2.27. The van der Waals surface area contributed by atoms with E-state index in [1.807, 2.05) is 7.05 Å². The Balaban J connectivity index is 2.01. The van der Waals surface area contributed by atoms with Crippen molar-refractivity contribution in [1.29, 1.82) is 0 Å². The summed E-state index contributed by atoms with van der Waals surface area (Å²) < 4.78 is 0. The average molecular weight is 184 g/mol. The number of rotatable bonds is 6. The molecule has 1 N–H and O–H groups in total. The second-order valence-electron chi connectivity index (χ2n) is 3.89. The molecule has 0 atom stereocenters. The minimum Gasteiger partial charge on any atom is -0.345 e. The summed E-state index contributed by atoms with van der Waals surface area (Å²) in [6, 6.07) is 0. The van der Waals surface area contributed by atoms with Gasteiger partial charge in [0.25, 0.3) is 0 Å². The second-order valence-corrected chi connectivity index (χ2v) is 3.89. The van der Waals surface area contributed by atoms with E-state index < -0.39 is 0 Å². The first-order valence-electron chi connectivity index (χ1n) is 5.18. The van der Waals surface area contributed by atoms with E-state index in [4.69, 9.17) is 0 Å². The van der Waals surface area contributed by atoms with E-state index in [0.717, 1.165) is 25.4 Å². The van der Waals surface area contributed by atoms with E-state index in [0.29, 0.717) is 6.54 Å². The molecule has 76 valence electrons. The van der Waals surface area contributed by atoms with E-state index in [-0.39, 0.29) is 5.91 Å². The molecule has 0 aromatic heterocycles. The zero-order chi connectivity index (χ0) is 9.68. The van der Waals surface area contributed by atoms with Gasteiger partial charge in [-0.15, -0.1) is 0 Å². The molecule has 0 unspecified atom stereocenters. The average Bonchev–Trinajstić information content (AvgIpc) is 2.88. The van der Waals surface area contributed by atoms with Crippen LogP contribution in [0.4, 0.5) is 0 Å². The van der Waals surface area contributed by atoms with Gasteiger partial charge in [0.05, 0.1) is 6.54 Å². The van der Waals surface area contributed by atoms with E-state index in [9.17, 15) is 4.79 Å². The number of hydrogen-bond donors (Lipinski definition) is 1. The standard InChI is InChI=1S/C10H20N2O/c1-3-6-12(2)10(13)8-11-7-9-4-5-9/h9,11H,3-8H2,1-2H3. The van der Waals surface area contributed by atoms with Crippen molar-refractivity contribution >= 4 is 5.91 Å². The second kappa shape index (κ2) is 5.22. The van der Waals surface area contributed by atoms with E-state index in [2.05, 4.69) is 12.2 Å². The van der Waals surface area contributed by atoms with Gasteiger partial charge < -0.3 is 10.2 Å². The van der Waals surface area contributed by atoms with Crippen LogP contribution >= 0.6 is 0 Å². The lowest BCUT2D eigenvalue weighted by Crippen LogP contribution is -2.36. The quantitative estimate of drug-likeness (QED) is 0.664. The van der Waals surface area contributed by atoms with Crippen LogP contribution in [-0.2, 0) is 4.79 Å². The number of carbonyl (C=O) groups excluding carboxylic acids is 1. The normalized spacial score (nSPS) is 15.8. The molecule has 3 nitrogen and oxygen atoms in total. The number of nitrogens with one attached hydrogen (secondary N) is 1. The lowest BCUT2D eigenvalue weighted by atomic mass is 10.4. The number of carbonyl (C=O) groups is 1. The van der Waals surface area contributed by atoms with Crippen LogP contribution < -0.4 is 5.32 Å². The van der Waals surface area contributed by atoms with Gasteiger partial charge in [0.1, 0.15) is 0 Å². The lowest BCUT2D eigenvalue weighted by molar-refractivity contribution is -0.128. The summed E-state index contributed by atoms with van der Waals surface area (Å²) in [5, 5.41) is 3.20. The number of hydrogen-bond acceptors (Lipinski definition) is 2. The fraction of sp³-hybridized carbons (Fsp3) is 0.900. The molecular weight excluding hydrogens is 164 g/mol. The van der Waals surface area contributed by atoms with Gasteiger partial charge in [-0.05, 0) is 31.7 Å². The Morgan fingerprint density at radius 1 is 1.54 bits per heavy atom. The zero-order valence-corrected chi connectivity index (χ0v) is 8.68. The number of amides is 1. The summed E-state index contributed by atoms with van der Waals surface area (Å²) in [5.41, 5.74) is 0. The Morgan fingerprint density at radius 3 is 2.77 bits per heavy atom. The Bertz CT molecular complexity index is 166. The van der Waals surface area contributed by atoms with Crippen molar-refractivity contribution in [3.05, 3.63) is 0 Å². The smallest absolute Gasteiger partial charge is 0.236 e. The monoisotopic (exact) mass is 184 g/mol. The van der Waals surface area contributed by atoms with Crippen LogP contribution in [0.15, 0.2) is 0 Å². The van der Waals surface area contributed by atoms with Gasteiger partial charge in [0.15, 0.2) is 0 Å². The summed E-state index contributed by atoms with van der Waals surface area (Å²) in [6.07, 6.45) is 3.71. The summed E-state index contributed by atoms with van der Waals surface area (Å²) in [7, 11) is 1.87. The molecule has 0 aliphatic heterocycles. The van der Waals surface area contributed by atoms with Gasteiger partial charge in [-0.1, -0.05) is 6.92 Å². The molecule has 1 fully saturated rings. The molecule has 1 amide bonds. The minimum absolute atomic E-state index is 0.211. The number of nitrogens with zero attached hydrogens (tertiary/aromatic N) is 1. The molecule has 1 rings (SSSR count). The van der Waals surface area contributed by atoms with Crippen molar-refractivity contribution in [3.63, 3.8) is 0 Å². The maximum Gasteiger partial charge on any atom is 0.236 e. The van der Waals surface area contributed by atoms with Crippen molar-refractivity contribution in [2.45, 2.75) is 26.2 Å². The maximum absolute atomic E-state index is 11.4. The topological polar surface area (TPSA) is 32.3 Å². The molecule has 3 heteroatoms. The van der Waals surface area contributed by atoms with Crippen molar-refractivity contribution in [2.75, 3.05) is 26.7 Å². The first kappa shape index (κ1) is 10.5. The molecule has 0 aromatic carbocycles. The SMILES string of the molecule is CCCN(C)C(=O)CNCC1CC1. The molecule has 0 bridgehead atoms. The molecule has 1 aliphatic carbocycles. The van der Waals surface area contributed by atoms with Crippen LogP contribution in [-0.4, -0.2) is 37.5 Å². The third-order valence-corrected chi connectivity index (χ3v) is 2.39. The third-order valence-electron chi connectivity index (χ3n) is 2.39. The van der Waals surface area contributed by atoms with Crippen LogP contribution in [0.5, 0.6) is 0 Å². The largest absolute Gasteiger partial charge is 0.345 e. The van der Waals surface area contributed by atoms with Crippen molar-refractivity contribution in [3.8, 4) is 0 Å². The molecule has 0 heterocycles. The fourth-order valence-corrected chi connectivity index (χ4v) is 1.30. The van der Waals surface area contributed by atoms with Gasteiger partial charge in [-0.25, -0.2) is 0 Å². The van der Waals surface area contributed by atoms with Crippen LogP contribution in [0.2, 0.25) is 0 Å². The van der Waals surface area contributed by atoms with Gasteiger partial charge >= 0.3 is 0 Å². The molecule has 1 aliphatic rings. The van der Waals surface area contributed by atoms with Gasteiger partial charge in [-0.2, -0.15) is 0 Å². The number of likely N-dealkylation sites (N-methyl/N-ethyl adjacent to an activating group) is 1. The van der Waals surface area contributed by atoms with Crippen LogP contribution in [0.3, 0.4) is 0 Å². The van der Waals surface area contributed by atoms with Crippen molar-refractivity contribution < 1.29 is 4.79 Å². The van der Waals surface area contributed by atoms with Crippen LogP contribution in [0.1, 0.15) is 26.2 Å². The molecule has 0 radical (unpaired) electrons. The Hall–Kier alpha value is -0.570. The highest BCUT2D eigenvalue weighted by Gasteiger charge is 2.20. The van der Waals surface area contributed by atoms with Crippen LogP contribution in [0.25, 0.3) is 0 Å². The predicted octanol–water partition coefficient (Wildman–Crippen LogP) is 0.854. The van der Waals surface area contributed by atoms with Crippen LogP contribution in [0, 0.1) is 5.92 Å². The van der Waals surface area contributed by atoms with E-state index >= 15 is 0 Å². The Kier molecular flexibility index (Phi) is 4.22. The Labute approximate surface area is 80.5 Å². The molecule has 1 saturated carbocycles. The van der Waals surface area contributed by atoms with Crippen molar-refractivity contribution in [1.82, 2.24) is 10.2 Å². The van der Waals surface area contributed by atoms with E-state index in [1.54, 1.807) is 4.90 Å². The highest BCUT2D eigenvalue weighted by molar-refractivity contribution is 5.77. The fourth-order valence-electron chi connectivity index (χ4n) is 1.30. The first-order chi connectivity index (χ1) is 6.24. The first-order valence-corrected chi connectivity index (χ1v) is 5.18. The molecular formula is C10H20N2O. The summed E-state index contributed by atoms with van der Waals surface area (Å²) in [6.45, 7) is 4.48. The molecule has 0 aromatic rings. The van der Waals surface area contributed by atoms with Gasteiger partial charge in [-0.3, -0.25) is 4.79 Å². The summed E-state index contributed by atoms with van der Waals surface area (Å²) in [4.78, 5) is 13.2. The predicted molar refractivity (Wildman–Crippen MR) is 53.5 cm³/mol. The van der Waals surface area contributed by atoms with Crippen molar-refractivity contribution in [2.24, 2.45) is 5.92 Å². The maximum atomic E-state index is 11.4. The highest BCUT2D eigenvalue weighted by atomic mass is 16.2. The third kappa shape index (κ3) is 4.27. The van der Waals surface area contributed by atoms with Gasteiger partial charge in [0, 0.05) is 13.6 Å². The molecule has 13 heavy (non-hydrogen) atoms. The summed E-state index contributed by atoms with van der Waals surface area (Å²) in [5.74, 6) is 1.06. The lowest BCUT2D eigenvalue weighted by Gasteiger charge is -2.16. The molecule has 0 spiro atoms. The molecule has 0 saturated heterocycles. The van der Waals surface area contributed by atoms with E-state index in [1.165, 1.54) is 12.8 Å². The van der Waals surface area contributed by atoms with Gasteiger partial charge in [0.2, 0.25) is 5.91 Å². The summed E-state index contributed by atoms with van der Waals surface area (Å²) >= 11 is 0.